The zero-order valence-corrected chi connectivity index (χ0v) is 9.86. The molecule has 0 bridgehead atoms. The van der Waals surface area contributed by atoms with Crippen LogP contribution in [0.2, 0.25) is 0 Å². The van der Waals surface area contributed by atoms with E-state index in [0.717, 1.165) is 19.5 Å². The van der Waals surface area contributed by atoms with E-state index in [1.54, 1.807) is 0 Å². The first-order chi connectivity index (χ1) is 7.72. The highest BCUT2D eigenvalue weighted by atomic mass is 16.2. The predicted octanol–water partition coefficient (Wildman–Crippen LogP) is 1.18. The van der Waals surface area contributed by atoms with Gasteiger partial charge in [0.2, 0.25) is 5.91 Å². The molecule has 1 unspecified atom stereocenters. The summed E-state index contributed by atoms with van der Waals surface area (Å²) in [5.74, 6) is 0.192. The molecule has 2 rings (SSSR count). The highest BCUT2D eigenvalue weighted by Gasteiger charge is 2.23. The van der Waals surface area contributed by atoms with Crippen LogP contribution < -0.4 is 5.32 Å². The highest BCUT2D eigenvalue weighted by Crippen LogP contribution is 2.18. The second kappa shape index (κ2) is 4.66. The summed E-state index contributed by atoms with van der Waals surface area (Å²) in [5.41, 5.74) is 2.66. The molecular weight excluding hydrogens is 200 g/mol. The Hall–Kier alpha value is -1.35. The molecule has 0 aliphatic carbocycles. The van der Waals surface area contributed by atoms with Crippen molar-refractivity contribution in [3.8, 4) is 0 Å². The summed E-state index contributed by atoms with van der Waals surface area (Å²) < 4.78 is 0. The molecule has 1 aromatic carbocycles. The van der Waals surface area contributed by atoms with E-state index in [-0.39, 0.29) is 11.9 Å². The van der Waals surface area contributed by atoms with Gasteiger partial charge in [-0.3, -0.25) is 4.79 Å². The van der Waals surface area contributed by atoms with Crippen molar-refractivity contribution in [2.24, 2.45) is 0 Å². The molecule has 1 heterocycles. The lowest BCUT2D eigenvalue weighted by Gasteiger charge is -2.30. The van der Waals surface area contributed by atoms with Gasteiger partial charge in [-0.15, -0.1) is 0 Å². The van der Waals surface area contributed by atoms with Crippen molar-refractivity contribution in [3.63, 3.8) is 0 Å². The fourth-order valence-electron chi connectivity index (χ4n) is 2.08. The van der Waals surface area contributed by atoms with E-state index >= 15 is 0 Å². The monoisotopic (exact) mass is 218 g/mol. The molecule has 1 aliphatic rings. The maximum absolute atomic E-state index is 12.0. The molecular formula is C13H18N2O. The topological polar surface area (TPSA) is 32.3 Å². The molecule has 1 atom stereocenters. The first-order valence-electron chi connectivity index (χ1n) is 5.75. The Balaban J connectivity index is 2.11. The standard InChI is InChI=1S/C13H18N2O/c1-10(14-2)13(16)15-8-7-11-5-3-4-6-12(11)9-15/h3-6,10,14H,7-9H2,1-2H3. The normalized spacial score (nSPS) is 16.8. The average molecular weight is 218 g/mol. The van der Waals surface area contributed by atoms with Crippen LogP contribution in [-0.4, -0.2) is 30.4 Å². The minimum atomic E-state index is -0.0923. The van der Waals surface area contributed by atoms with Crippen LogP contribution >= 0.6 is 0 Å². The smallest absolute Gasteiger partial charge is 0.239 e. The molecule has 86 valence electrons. The summed E-state index contributed by atoms with van der Waals surface area (Å²) in [7, 11) is 1.82. The Labute approximate surface area is 96.5 Å². The molecule has 0 aromatic heterocycles. The fourth-order valence-corrected chi connectivity index (χ4v) is 2.08. The van der Waals surface area contributed by atoms with Crippen molar-refractivity contribution in [2.75, 3.05) is 13.6 Å². The molecule has 1 aliphatic heterocycles. The van der Waals surface area contributed by atoms with Gasteiger partial charge >= 0.3 is 0 Å². The summed E-state index contributed by atoms with van der Waals surface area (Å²) in [6, 6.07) is 8.27. The number of nitrogens with zero attached hydrogens (tertiary/aromatic N) is 1. The van der Waals surface area contributed by atoms with Gasteiger partial charge in [0, 0.05) is 13.1 Å². The number of hydrogen-bond acceptors (Lipinski definition) is 2. The number of amides is 1. The summed E-state index contributed by atoms with van der Waals surface area (Å²) >= 11 is 0. The Kier molecular flexibility index (Phi) is 3.25. The molecule has 0 radical (unpaired) electrons. The van der Waals surface area contributed by atoms with Gasteiger partial charge in [-0.05, 0) is 31.5 Å². The van der Waals surface area contributed by atoms with Crippen molar-refractivity contribution >= 4 is 5.91 Å². The number of nitrogens with one attached hydrogen (secondary N) is 1. The van der Waals surface area contributed by atoms with Crippen molar-refractivity contribution in [2.45, 2.75) is 25.9 Å². The summed E-state index contributed by atoms with van der Waals surface area (Å²) in [6.07, 6.45) is 0.971. The molecule has 0 saturated carbocycles. The van der Waals surface area contributed by atoms with Gasteiger partial charge in [-0.25, -0.2) is 0 Å². The van der Waals surface area contributed by atoms with Gasteiger partial charge in [0.05, 0.1) is 6.04 Å². The van der Waals surface area contributed by atoms with Gasteiger partial charge in [0.25, 0.3) is 0 Å². The minimum Gasteiger partial charge on any atom is -0.337 e. The number of hydrogen-bond donors (Lipinski definition) is 1. The van der Waals surface area contributed by atoms with E-state index in [1.807, 2.05) is 24.9 Å². The van der Waals surface area contributed by atoms with Crippen LogP contribution in [0.1, 0.15) is 18.1 Å². The molecule has 0 fully saturated rings. The second-order valence-electron chi connectivity index (χ2n) is 4.29. The number of rotatable bonds is 2. The van der Waals surface area contributed by atoms with Gasteiger partial charge in [0.1, 0.15) is 0 Å². The summed E-state index contributed by atoms with van der Waals surface area (Å²) in [5, 5.41) is 2.99. The molecule has 0 saturated heterocycles. The van der Waals surface area contributed by atoms with Crippen LogP contribution in [0.15, 0.2) is 24.3 Å². The lowest BCUT2D eigenvalue weighted by molar-refractivity contribution is -0.133. The molecule has 3 nitrogen and oxygen atoms in total. The van der Waals surface area contributed by atoms with Crippen LogP contribution in [0.3, 0.4) is 0 Å². The van der Waals surface area contributed by atoms with E-state index in [2.05, 4.69) is 23.5 Å². The van der Waals surface area contributed by atoms with Crippen molar-refractivity contribution < 1.29 is 4.79 Å². The number of carbonyl (C=O) groups excluding carboxylic acids is 1. The van der Waals surface area contributed by atoms with Crippen LogP contribution in [-0.2, 0) is 17.8 Å². The van der Waals surface area contributed by atoms with Crippen LogP contribution in [0.5, 0.6) is 0 Å². The first-order valence-corrected chi connectivity index (χ1v) is 5.75. The molecule has 3 heteroatoms. The Morgan fingerprint density at radius 2 is 2.06 bits per heavy atom. The maximum atomic E-state index is 12.0. The van der Waals surface area contributed by atoms with Crippen LogP contribution in [0.25, 0.3) is 0 Å². The van der Waals surface area contributed by atoms with E-state index in [4.69, 9.17) is 0 Å². The number of benzene rings is 1. The lowest BCUT2D eigenvalue weighted by atomic mass is 9.99. The molecule has 1 aromatic rings. The first kappa shape index (κ1) is 11.1. The third-order valence-electron chi connectivity index (χ3n) is 3.25. The summed E-state index contributed by atoms with van der Waals surface area (Å²) in [6.45, 7) is 3.49. The molecule has 0 spiro atoms. The van der Waals surface area contributed by atoms with E-state index < -0.39 is 0 Å². The maximum Gasteiger partial charge on any atom is 0.239 e. The number of likely N-dealkylation sites (N-methyl/N-ethyl adjacent to an activating group) is 1. The second-order valence-corrected chi connectivity index (χ2v) is 4.29. The molecule has 1 amide bonds. The SMILES string of the molecule is CNC(C)C(=O)N1CCc2ccccc2C1. The fraction of sp³-hybridized carbons (Fsp3) is 0.462. The van der Waals surface area contributed by atoms with Gasteiger partial charge < -0.3 is 10.2 Å². The molecule has 1 N–H and O–H groups in total. The van der Waals surface area contributed by atoms with E-state index in [0.29, 0.717) is 0 Å². The zero-order chi connectivity index (χ0) is 11.5. The third kappa shape index (κ3) is 2.09. The van der Waals surface area contributed by atoms with Crippen LogP contribution in [0.4, 0.5) is 0 Å². The minimum absolute atomic E-state index is 0.0923. The van der Waals surface area contributed by atoms with Crippen LogP contribution in [0, 0.1) is 0 Å². The van der Waals surface area contributed by atoms with Gasteiger partial charge in [-0.2, -0.15) is 0 Å². The largest absolute Gasteiger partial charge is 0.337 e. The van der Waals surface area contributed by atoms with Crippen molar-refractivity contribution in [1.82, 2.24) is 10.2 Å². The third-order valence-corrected chi connectivity index (χ3v) is 3.25. The lowest BCUT2D eigenvalue weighted by Crippen LogP contribution is -2.45. The predicted molar refractivity (Wildman–Crippen MR) is 64.1 cm³/mol. The Bertz CT molecular complexity index is 389. The highest BCUT2D eigenvalue weighted by molar-refractivity contribution is 5.81. The molecule has 16 heavy (non-hydrogen) atoms. The van der Waals surface area contributed by atoms with E-state index in [9.17, 15) is 4.79 Å². The van der Waals surface area contributed by atoms with Crippen molar-refractivity contribution in [3.05, 3.63) is 35.4 Å². The van der Waals surface area contributed by atoms with Gasteiger partial charge in [0.15, 0.2) is 0 Å². The summed E-state index contributed by atoms with van der Waals surface area (Å²) in [4.78, 5) is 13.9. The van der Waals surface area contributed by atoms with Gasteiger partial charge in [-0.1, -0.05) is 24.3 Å². The Morgan fingerprint density at radius 3 is 2.75 bits per heavy atom. The number of carbonyl (C=O) groups is 1. The Morgan fingerprint density at radius 1 is 1.38 bits per heavy atom. The quantitative estimate of drug-likeness (QED) is 0.808. The van der Waals surface area contributed by atoms with E-state index in [1.165, 1.54) is 11.1 Å². The average Bonchev–Trinajstić information content (AvgIpc) is 2.36. The zero-order valence-electron chi connectivity index (χ0n) is 9.86. The van der Waals surface area contributed by atoms with Crippen molar-refractivity contribution in [1.29, 1.82) is 0 Å². The number of fused-ring (bicyclic) bond motifs is 1.